The van der Waals surface area contributed by atoms with Crippen LogP contribution in [0.15, 0.2) is 18.2 Å². The SMILES string of the molecule is CN1CCc2ccc(NC(=O)[C@H](N)CCc3nn[nH]n3)cc2CC1. The second kappa shape index (κ2) is 7.50. The highest BCUT2D eigenvalue weighted by Gasteiger charge is 2.16. The Morgan fingerprint density at radius 3 is 2.92 bits per heavy atom. The number of benzene rings is 1. The van der Waals surface area contributed by atoms with Crippen LogP contribution in [-0.2, 0) is 24.1 Å². The van der Waals surface area contributed by atoms with E-state index < -0.39 is 6.04 Å². The number of hydrogen-bond acceptors (Lipinski definition) is 6. The number of carbonyl (C=O) groups is 1. The lowest BCUT2D eigenvalue weighted by molar-refractivity contribution is -0.117. The minimum atomic E-state index is -0.603. The molecule has 0 radical (unpaired) electrons. The van der Waals surface area contributed by atoms with Crippen molar-refractivity contribution in [1.82, 2.24) is 25.5 Å². The molecular weight excluding hydrogens is 306 g/mol. The van der Waals surface area contributed by atoms with Crippen LogP contribution in [0.1, 0.15) is 23.4 Å². The molecule has 1 aliphatic rings. The summed E-state index contributed by atoms with van der Waals surface area (Å²) in [5.74, 6) is 0.372. The molecule has 1 amide bonds. The Balaban J connectivity index is 1.58. The molecule has 8 heteroatoms. The third-order valence-corrected chi connectivity index (χ3v) is 4.40. The number of carbonyl (C=O) groups excluding carboxylic acids is 1. The molecule has 2 heterocycles. The fourth-order valence-electron chi connectivity index (χ4n) is 2.85. The average Bonchev–Trinajstić information content (AvgIpc) is 3.03. The van der Waals surface area contributed by atoms with Crippen LogP contribution >= 0.6 is 0 Å². The van der Waals surface area contributed by atoms with Gasteiger partial charge in [0.15, 0.2) is 5.82 Å². The number of likely N-dealkylation sites (N-methyl/N-ethyl adjacent to an activating group) is 1. The van der Waals surface area contributed by atoms with Crippen LogP contribution in [0.3, 0.4) is 0 Å². The quantitative estimate of drug-likeness (QED) is 0.718. The van der Waals surface area contributed by atoms with Gasteiger partial charge in [-0.2, -0.15) is 5.21 Å². The first kappa shape index (κ1) is 16.5. The number of aryl methyl sites for hydroxylation is 1. The van der Waals surface area contributed by atoms with Crippen LogP contribution in [0.4, 0.5) is 5.69 Å². The van der Waals surface area contributed by atoms with Gasteiger partial charge in [0, 0.05) is 25.2 Å². The standard InChI is InChI=1S/C16H23N7O/c1-23-8-6-11-2-3-13(10-12(11)7-9-23)18-16(24)14(17)4-5-15-19-21-22-20-15/h2-3,10,14H,4-9,17H2,1H3,(H,18,24)(H,19,20,21,22)/t14-/m1/s1. The second-order valence-corrected chi connectivity index (χ2v) is 6.25. The smallest absolute Gasteiger partial charge is 0.241 e. The lowest BCUT2D eigenvalue weighted by Gasteiger charge is -2.13. The van der Waals surface area contributed by atoms with Crippen molar-refractivity contribution in [1.29, 1.82) is 0 Å². The minimum absolute atomic E-state index is 0.191. The number of fused-ring (bicyclic) bond motifs is 1. The molecule has 0 bridgehead atoms. The molecule has 1 aromatic heterocycles. The van der Waals surface area contributed by atoms with Crippen LogP contribution < -0.4 is 11.1 Å². The van der Waals surface area contributed by atoms with Gasteiger partial charge in [-0.15, -0.1) is 10.2 Å². The lowest BCUT2D eigenvalue weighted by atomic mass is 10.0. The first-order valence-electron chi connectivity index (χ1n) is 8.21. The Morgan fingerprint density at radius 2 is 2.17 bits per heavy atom. The van der Waals surface area contributed by atoms with Crippen molar-refractivity contribution in [2.75, 3.05) is 25.5 Å². The van der Waals surface area contributed by atoms with Gasteiger partial charge >= 0.3 is 0 Å². The first-order valence-corrected chi connectivity index (χ1v) is 8.21. The number of aromatic nitrogens is 4. The van der Waals surface area contributed by atoms with Crippen molar-refractivity contribution in [3.63, 3.8) is 0 Å². The number of nitrogens with one attached hydrogen (secondary N) is 2. The van der Waals surface area contributed by atoms with Crippen molar-refractivity contribution in [2.45, 2.75) is 31.7 Å². The van der Waals surface area contributed by atoms with Crippen molar-refractivity contribution in [2.24, 2.45) is 5.73 Å². The Labute approximate surface area is 140 Å². The van der Waals surface area contributed by atoms with E-state index in [0.717, 1.165) is 31.6 Å². The van der Waals surface area contributed by atoms with E-state index >= 15 is 0 Å². The summed E-state index contributed by atoms with van der Waals surface area (Å²) in [5, 5.41) is 16.5. The number of nitrogens with zero attached hydrogens (tertiary/aromatic N) is 4. The monoisotopic (exact) mass is 329 g/mol. The Hall–Kier alpha value is -2.32. The first-order chi connectivity index (χ1) is 11.6. The molecule has 2 aromatic rings. The molecule has 0 spiro atoms. The van der Waals surface area contributed by atoms with E-state index in [-0.39, 0.29) is 5.91 Å². The highest BCUT2D eigenvalue weighted by Crippen LogP contribution is 2.20. The van der Waals surface area contributed by atoms with Crippen molar-refractivity contribution < 1.29 is 4.79 Å². The summed E-state index contributed by atoms with van der Waals surface area (Å²) in [7, 11) is 2.14. The maximum Gasteiger partial charge on any atom is 0.241 e. The molecule has 0 fully saturated rings. The van der Waals surface area contributed by atoms with Gasteiger partial charge in [-0.05, 0) is 49.6 Å². The lowest BCUT2D eigenvalue weighted by Crippen LogP contribution is -2.36. The van der Waals surface area contributed by atoms with Gasteiger partial charge in [0.2, 0.25) is 5.91 Å². The van der Waals surface area contributed by atoms with E-state index in [1.54, 1.807) is 0 Å². The van der Waals surface area contributed by atoms with E-state index in [0.29, 0.717) is 18.7 Å². The molecule has 24 heavy (non-hydrogen) atoms. The largest absolute Gasteiger partial charge is 0.325 e. The van der Waals surface area contributed by atoms with Gasteiger partial charge in [0.25, 0.3) is 0 Å². The summed E-state index contributed by atoms with van der Waals surface area (Å²) in [5.41, 5.74) is 9.42. The van der Waals surface area contributed by atoms with Crippen LogP contribution in [0.2, 0.25) is 0 Å². The molecule has 3 rings (SSSR count). The number of aromatic amines is 1. The van der Waals surface area contributed by atoms with Gasteiger partial charge in [0.05, 0.1) is 6.04 Å². The number of hydrogen-bond donors (Lipinski definition) is 3. The van der Waals surface area contributed by atoms with Gasteiger partial charge in [-0.3, -0.25) is 4.79 Å². The van der Waals surface area contributed by atoms with E-state index in [4.69, 9.17) is 5.73 Å². The van der Waals surface area contributed by atoms with E-state index in [2.05, 4.69) is 50.0 Å². The number of amides is 1. The van der Waals surface area contributed by atoms with Gasteiger partial charge in [-0.25, -0.2) is 0 Å². The molecule has 0 unspecified atom stereocenters. The van der Waals surface area contributed by atoms with Crippen LogP contribution in [0, 0.1) is 0 Å². The molecule has 4 N–H and O–H groups in total. The molecule has 0 aliphatic carbocycles. The predicted octanol–water partition coefficient (Wildman–Crippen LogP) is 0.129. The second-order valence-electron chi connectivity index (χ2n) is 6.25. The zero-order chi connectivity index (χ0) is 16.9. The van der Waals surface area contributed by atoms with Crippen LogP contribution in [0.25, 0.3) is 0 Å². The fourth-order valence-corrected chi connectivity index (χ4v) is 2.85. The maximum absolute atomic E-state index is 12.3. The molecule has 1 atom stereocenters. The Morgan fingerprint density at radius 1 is 1.38 bits per heavy atom. The van der Waals surface area contributed by atoms with Gasteiger partial charge in [0.1, 0.15) is 0 Å². The van der Waals surface area contributed by atoms with Crippen LogP contribution in [0.5, 0.6) is 0 Å². The maximum atomic E-state index is 12.3. The molecular formula is C16H23N7O. The number of anilines is 1. The Kier molecular flexibility index (Phi) is 5.17. The molecule has 8 nitrogen and oxygen atoms in total. The van der Waals surface area contributed by atoms with Crippen LogP contribution in [-0.4, -0.2) is 57.6 Å². The molecule has 128 valence electrons. The summed E-state index contributed by atoms with van der Waals surface area (Å²) in [6.45, 7) is 2.11. The summed E-state index contributed by atoms with van der Waals surface area (Å²) >= 11 is 0. The van der Waals surface area contributed by atoms with E-state index in [1.807, 2.05) is 6.07 Å². The molecule has 1 aromatic carbocycles. The van der Waals surface area contributed by atoms with E-state index in [9.17, 15) is 4.79 Å². The average molecular weight is 329 g/mol. The van der Waals surface area contributed by atoms with Crippen molar-refractivity contribution in [3.8, 4) is 0 Å². The highest BCUT2D eigenvalue weighted by atomic mass is 16.2. The molecule has 0 saturated carbocycles. The van der Waals surface area contributed by atoms with Crippen molar-refractivity contribution in [3.05, 3.63) is 35.2 Å². The summed E-state index contributed by atoms with van der Waals surface area (Å²) in [6, 6.07) is 5.52. The number of tetrazole rings is 1. The van der Waals surface area contributed by atoms with Crippen molar-refractivity contribution >= 4 is 11.6 Å². The van der Waals surface area contributed by atoms with Gasteiger partial charge < -0.3 is 16.0 Å². The predicted molar refractivity (Wildman–Crippen MR) is 90.5 cm³/mol. The van der Waals surface area contributed by atoms with Gasteiger partial charge in [-0.1, -0.05) is 11.3 Å². The number of rotatable bonds is 5. The minimum Gasteiger partial charge on any atom is -0.325 e. The van der Waals surface area contributed by atoms with E-state index in [1.165, 1.54) is 11.1 Å². The zero-order valence-electron chi connectivity index (χ0n) is 13.8. The number of H-pyrrole nitrogens is 1. The normalized spacial score (nSPS) is 16.2. The summed E-state index contributed by atoms with van der Waals surface area (Å²) in [4.78, 5) is 14.6. The number of nitrogens with two attached hydrogens (primary N) is 1. The molecule has 1 aliphatic heterocycles. The molecule has 0 saturated heterocycles. The Bertz CT molecular complexity index is 686. The third-order valence-electron chi connectivity index (χ3n) is 4.40. The topological polar surface area (TPSA) is 113 Å². The zero-order valence-corrected chi connectivity index (χ0v) is 13.8. The fraction of sp³-hybridized carbons (Fsp3) is 0.500. The summed E-state index contributed by atoms with van der Waals surface area (Å²) in [6.07, 6.45) is 3.03. The third kappa shape index (κ3) is 4.15. The highest BCUT2D eigenvalue weighted by molar-refractivity contribution is 5.94. The summed E-state index contributed by atoms with van der Waals surface area (Å²) < 4.78 is 0.